The minimum absolute atomic E-state index is 0.208. The first-order valence-electron chi connectivity index (χ1n) is 7.14. The van der Waals surface area contributed by atoms with Crippen LogP contribution in [0.25, 0.3) is 0 Å². The zero-order valence-electron chi connectivity index (χ0n) is 11.4. The van der Waals surface area contributed by atoms with E-state index in [0.29, 0.717) is 18.2 Å². The molecule has 2 rings (SSSR count). The summed E-state index contributed by atoms with van der Waals surface area (Å²) in [5.74, 6) is 0. The van der Waals surface area contributed by atoms with Gasteiger partial charge in [-0.2, -0.15) is 13.2 Å². The quantitative estimate of drug-likeness (QED) is 0.887. The first kappa shape index (κ1) is 15.3. The third-order valence-electron chi connectivity index (χ3n) is 3.89. The maximum absolute atomic E-state index is 12.7. The Bertz CT molecular complexity index is 425. The SMILES string of the molecule is NCC(NC1CCCCC1)c1cccc(C(F)(F)F)c1. The molecular formula is C15H21F3N2. The van der Waals surface area contributed by atoms with E-state index in [1.165, 1.54) is 31.4 Å². The fourth-order valence-corrected chi connectivity index (χ4v) is 2.79. The van der Waals surface area contributed by atoms with Gasteiger partial charge in [0, 0.05) is 18.6 Å². The van der Waals surface area contributed by atoms with Gasteiger partial charge < -0.3 is 11.1 Å². The van der Waals surface area contributed by atoms with Crippen molar-refractivity contribution in [2.24, 2.45) is 5.73 Å². The topological polar surface area (TPSA) is 38.0 Å². The number of hydrogen-bond donors (Lipinski definition) is 2. The van der Waals surface area contributed by atoms with Crippen molar-refractivity contribution in [3.63, 3.8) is 0 Å². The fraction of sp³-hybridized carbons (Fsp3) is 0.600. The van der Waals surface area contributed by atoms with E-state index in [1.54, 1.807) is 6.07 Å². The number of alkyl halides is 3. The van der Waals surface area contributed by atoms with Crippen LogP contribution in [0.1, 0.15) is 49.3 Å². The summed E-state index contributed by atoms with van der Waals surface area (Å²) in [4.78, 5) is 0. The van der Waals surface area contributed by atoms with Gasteiger partial charge >= 0.3 is 6.18 Å². The molecule has 0 radical (unpaired) electrons. The Balaban J connectivity index is 2.10. The van der Waals surface area contributed by atoms with E-state index in [4.69, 9.17) is 5.73 Å². The van der Waals surface area contributed by atoms with Gasteiger partial charge in [0.05, 0.1) is 5.56 Å². The van der Waals surface area contributed by atoms with Crippen molar-refractivity contribution in [3.05, 3.63) is 35.4 Å². The molecule has 1 unspecified atom stereocenters. The van der Waals surface area contributed by atoms with Crippen LogP contribution in [-0.4, -0.2) is 12.6 Å². The summed E-state index contributed by atoms with van der Waals surface area (Å²) in [5, 5.41) is 3.41. The van der Waals surface area contributed by atoms with E-state index in [-0.39, 0.29) is 6.04 Å². The Hall–Kier alpha value is -1.07. The predicted octanol–water partition coefficient (Wildman–Crippen LogP) is 3.63. The van der Waals surface area contributed by atoms with Crippen LogP contribution in [0.2, 0.25) is 0 Å². The highest BCUT2D eigenvalue weighted by Gasteiger charge is 2.31. The molecule has 1 aliphatic rings. The van der Waals surface area contributed by atoms with Crippen LogP contribution in [0.4, 0.5) is 13.2 Å². The van der Waals surface area contributed by atoms with Crippen LogP contribution >= 0.6 is 0 Å². The summed E-state index contributed by atoms with van der Waals surface area (Å²) in [6, 6.07) is 5.61. The second-order valence-electron chi connectivity index (χ2n) is 5.41. The van der Waals surface area contributed by atoms with Crippen molar-refractivity contribution in [2.45, 2.75) is 50.4 Å². The van der Waals surface area contributed by atoms with Crippen molar-refractivity contribution >= 4 is 0 Å². The third-order valence-corrected chi connectivity index (χ3v) is 3.89. The molecule has 0 spiro atoms. The molecule has 2 nitrogen and oxygen atoms in total. The standard InChI is InChI=1S/C15H21F3N2/c16-15(17,18)12-6-4-5-11(9-12)14(10-19)20-13-7-2-1-3-8-13/h4-6,9,13-14,20H,1-3,7-8,10,19H2. The fourth-order valence-electron chi connectivity index (χ4n) is 2.79. The van der Waals surface area contributed by atoms with Crippen molar-refractivity contribution in [1.82, 2.24) is 5.32 Å². The molecule has 0 saturated heterocycles. The van der Waals surface area contributed by atoms with Gasteiger partial charge in [-0.25, -0.2) is 0 Å². The van der Waals surface area contributed by atoms with Crippen molar-refractivity contribution in [1.29, 1.82) is 0 Å². The van der Waals surface area contributed by atoms with E-state index in [2.05, 4.69) is 5.32 Å². The molecule has 0 bridgehead atoms. The molecule has 0 aromatic heterocycles. The molecule has 5 heteroatoms. The van der Waals surface area contributed by atoms with E-state index < -0.39 is 11.7 Å². The van der Waals surface area contributed by atoms with Crippen LogP contribution < -0.4 is 11.1 Å². The molecular weight excluding hydrogens is 265 g/mol. The Labute approximate surface area is 117 Å². The molecule has 0 amide bonds. The summed E-state index contributed by atoms with van der Waals surface area (Å²) >= 11 is 0. The molecule has 20 heavy (non-hydrogen) atoms. The maximum Gasteiger partial charge on any atom is 0.416 e. The van der Waals surface area contributed by atoms with Gasteiger partial charge in [-0.15, -0.1) is 0 Å². The van der Waals surface area contributed by atoms with Gasteiger partial charge in [-0.3, -0.25) is 0 Å². The van der Waals surface area contributed by atoms with Gasteiger partial charge in [0.15, 0.2) is 0 Å². The van der Waals surface area contributed by atoms with Crippen LogP contribution in [0.15, 0.2) is 24.3 Å². The Morgan fingerprint density at radius 3 is 2.50 bits per heavy atom. The lowest BCUT2D eigenvalue weighted by Gasteiger charge is -2.28. The minimum Gasteiger partial charge on any atom is -0.329 e. The van der Waals surface area contributed by atoms with Gasteiger partial charge in [-0.1, -0.05) is 31.4 Å². The molecule has 0 aliphatic heterocycles. The number of halogens is 3. The lowest BCUT2D eigenvalue weighted by Crippen LogP contribution is -2.38. The number of hydrogen-bond acceptors (Lipinski definition) is 2. The second-order valence-corrected chi connectivity index (χ2v) is 5.41. The summed E-state index contributed by atoms with van der Waals surface area (Å²) in [7, 11) is 0. The maximum atomic E-state index is 12.7. The third kappa shape index (κ3) is 3.96. The van der Waals surface area contributed by atoms with Gasteiger partial charge in [0.25, 0.3) is 0 Å². The summed E-state index contributed by atoms with van der Waals surface area (Å²) in [5.41, 5.74) is 5.74. The van der Waals surface area contributed by atoms with E-state index in [1.807, 2.05) is 0 Å². The molecule has 1 saturated carbocycles. The lowest BCUT2D eigenvalue weighted by molar-refractivity contribution is -0.137. The van der Waals surface area contributed by atoms with Crippen molar-refractivity contribution < 1.29 is 13.2 Å². The second kappa shape index (κ2) is 6.59. The molecule has 1 fully saturated rings. The normalized spacial score (nSPS) is 19.0. The molecule has 3 N–H and O–H groups in total. The highest BCUT2D eigenvalue weighted by atomic mass is 19.4. The van der Waals surface area contributed by atoms with Crippen LogP contribution in [0.5, 0.6) is 0 Å². The van der Waals surface area contributed by atoms with Gasteiger partial charge in [0.2, 0.25) is 0 Å². The number of nitrogens with two attached hydrogens (primary N) is 1. The number of nitrogens with one attached hydrogen (secondary N) is 1. The smallest absolute Gasteiger partial charge is 0.329 e. The van der Waals surface area contributed by atoms with Gasteiger partial charge in [-0.05, 0) is 30.5 Å². The minimum atomic E-state index is -4.31. The Morgan fingerprint density at radius 2 is 1.90 bits per heavy atom. The molecule has 112 valence electrons. The number of rotatable bonds is 4. The van der Waals surface area contributed by atoms with Crippen molar-refractivity contribution in [3.8, 4) is 0 Å². The van der Waals surface area contributed by atoms with Gasteiger partial charge in [0.1, 0.15) is 0 Å². The Morgan fingerprint density at radius 1 is 1.20 bits per heavy atom. The number of benzene rings is 1. The molecule has 1 atom stereocenters. The summed E-state index contributed by atoms with van der Waals surface area (Å²) < 4.78 is 38.2. The van der Waals surface area contributed by atoms with Crippen LogP contribution in [0, 0.1) is 0 Å². The first-order chi connectivity index (χ1) is 9.50. The summed E-state index contributed by atoms with van der Waals surface area (Å²) in [6.07, 6.45) is 1.45. The molecule has 1 aromatic rings. The Kier molecular flexibility index (Phi) is 5.05. The van der Waals surface area contributed by atoms with Crippen molar-refractivity contribution in [2.75, 3.05) is 6.54 Å². The lowest BCUT2D eigenvalue weighted by atomic mass is 9.93. The van der Waals surface area contributed by atoms with E-state index in [0.717, 1.165) is 18.9 Å². The zero-order chi connectivity index (χ0) is 14.6. The first-order valence-corrected chi connectivity index (χ1v) is 7.14. The highest BCUT2D eigenvalue weighted by molar-refractivity contribution is 5.28. The van der Waals surface area contributed by atoms with Crippen LogP contribution in [-0.2, 0) is 6.18 Å². The summed E-state index contributed by atoms with van der Waals surface area (Å²) in [6.45, 7) is 0.303. The monoisotopic (exact) mass is 286 g/mol. The van der Waals surface area contributed by atoms with E-state index in [9.17, 15) is 13.2 Å². The predicted molar refractivity (Wildman–Crippen MR) is 73.2 cm³/mol. The molecule has 1 aromatic carbocycles. The largest absolute Gasteiger partial charge is 0.416 e. The molecule has 0 heterocycles. The molecule has 1 aliphatic carbocycles. The van der Waals surface area contributed by atoms with Crippen LogP contribution in [0.3, 0.4) is 0 Å². The van der Waals surface area contributed by atoms with E-state index >= 15 is 0 Å². The zero-order valence-corrected chi connectivity index (χ0v) is 11.4. The highest BCUT2D eigenvalue weighted by Crippen LogP contribution is 2.31. The average molecular weight is 286 g/mol. The average Bonchev–Trinajstić information content (AvgIpc) is 2.45.